The van der Waals surface area contributed by atoms with E-state index in [9.17, 15) is 14.4 Å². The van der Waals surface area contributed by atoms with Gasteiger partial charge in [-0.2, -0.15) is 0 Å². The van der Waals surface area contributed by atoms with E-state index in [-0.39, 0.29) is 18.4 Å². The van der Waals surface area contributed by atoms with Gasteiger partial charge in [-0.1, -0.05) is 18.2 Å². The van der Waals surface area contributed by atoms with Gasteiger partial charge in [-0.3, -0.25) is 9.69 Å². The normalized spacial score (nSPS) is 18.4. The van der Waals surface area contributed by atoms with Crippen LogP contribution in [0.4, 0.5) is 10.5 Å². The molecule has 2 aliphatic heterocycles. The molecule has 0 unspecified atom stereocenters. The van der Waals surface area contributed by atoms with Crippen LogP contribution in [0.1, 0.15) is 35.8 Å². The Morgan fingerprint density at radius 3 is 2.36 bits per heavy atom. The summed E-state index contributed by atoms with van der Waals surface area (Å²) < 4.78 is 10.9. The summed E-state index contributed by atoms with van der Waals surface area (Å²) in [5.74, 6) is 0.155. The maximum Gasteiger partial charge on any atom is 0.338 e. The highest BCUT2D eigenvalue weighted by molar-refractivity contribution is 5.95. The highest BCUT2D eigenvalue weighted by atomic mass is 16.5. The Labute approximate surface area is 211 Å². The van der Waals surface area contributed by atoms with Crippen LogP contribution in [-0.4, -0.2) is 69.1 Å². The number of rotatable bonds is 8. The van der Waals surface area contributed by atoms with Gasteiger partial charge in [-0.05, 0) is 44.2 Å². The van der Waals surface area contributed by atoms with E-state index in [0.29, 0.717) is 34.7 Å². The molecule has 1 fully saturated rings. The van der Waals surface area contributed by atoms with E-state index in [1.807, 2.05) is 42.5 Å². The Kier molecular flexibility index (Phi) is 7.90. The third-order valence-electron chi connectivity index (χ3n) is 6.49. The molecule has 9 heteroatoms. The Morgan fingerprint density at radius 2 is 1.72 bits per heavy atom. The average Bonchev–Trinajstić information content (AvgIpc) is 2.89. The van der Waals surface area contributed by atoms with Gasteiger partial charge in [-0.25, -0.2) is 9.59 Å². The number of esters is 1. The van der Waals surface area contributed by atoms with Gasteiger partial charge in [0.15, 0.2) is 5.78 Å². The Hall–Kier alpha value is -3.85. The van der Waals surface area contributed by atoms with Crippen LogP contribution in [0.25, 0.3) is 0 Å². The number of hydrogen-bond donors (Lipinski definition) is 2. The number of piperazine rings is 1. The number of benzene rings is 2. The number of nitrogens with one attached hydrogen (secondary N) is 2. The largest absolute Gasteiger partial charge is 0.496 e. The quantitative estimate of drug-likeness (QED) is 0.432. The molecular weight excluding hydrogens is 460 g/mol. The zero-order valence-electron chi connectivity index (χ0n) is 20.9. The fraction of sp³-hybridized carbons (Fsp3) is 0.370. The molecule has 0 saturated carbocycles. The molecule has 2 aromatic carbocycles. The minimum absolute atomic E-state index is 0.0486. The van der Waals surface area contributed by atoms with Crippen LogP contribution in [0.2, 0.25) is 0 Å². The maximum absolute atomic E-state index is 13.1. The molecule has 0 radical (unpaired) electrons. The Morgan fingerprint density at radius 1 is 1.03 bits per heavy atom. The number of carbonyl (C=O) groups excluding carboxylic acids is 3. The van der Waals surface area contributed by atoms with Crippen molar-refractivity contribution in [1.82, 2.24) is 15.5 Å². The summed E-state index contributed by atoms with van der Waals surface area (Å²) in [5.41, 5.74) is 3.37. The summed E-state index contributed by atoms with van der Waals surface area (Å²) in [6.45, 7) is 7.01. The molecule has 2 heterocycles. The van der Waals surface area contributed by atoms with Crippen LogP contribution >= 0.6 is 0 Å². The first kappa shape index (κ1) is 25.2. The standard InChI is InChI=1S/C27H32N4O5/c1-4-36-26(33)24-22(28-27(34)29-25(24)21-7-5-6-8-23(21)35-3)17-30-13-15-31(16-14-30)20-11-9-19(10-12-20)18(2)32/h5-12,25H,4,13-17H2,1-3H3,(H2,28,29,34)/t25-/m1/s1. The number of ether oxygens (including phenoxy) is 2. The predicted octanol–water partition coefficient (Wildman–Crippen LogP) is 2.89. The molecule has 0 bridgehead atoms. The van der Waals surface area contributed by atoms with Crippen molar-refractivity contribution in [3.63, 3.8) is 0 Å². The van der Waals surface area contributed by atoms with E-state index >= 15 is 0 Å². The van der Waals surface area contributed by atoms with Crippen LogP contribution in [0, 0.1) is 0 Å². The number of nitrogens with zero attached hydrogens (tertiary/aromatic N) is 2. The van der Waals surface area contributed by atoms with Crippen molar-refractivity contribution in [1.29, 1.82) is 0 Å². The third-order valence-corrected chi connectivity index (χ3v) is 6.49. The average molecular weight is 493 g/mol. The van der Waals surface area contributed by atoms with Gasteiger partial charge < -0.3 is 25.0 Å². The third kappa shape index (κ3) is 5.52. The van der Waals surface area contributed by atoms with Crippen LogP contribution in [0.3, 0.4) is 0 Å². The van der Waals surface area contributed by atoms with Crippen molar-refractivity contribution < 1.29 is 23.9 Å². The molecule has 2 amide bonds. The lowest BCUT2D eigenvalue weighted by atomic mass is 9.94. The van der Waals surface area contributed by atoms with E-state index in [0.717, 1.165) is 31.9 Å². The van der Waals surface area contributed by atoms with Gasteiger partial charge in [0.05, 0.1) is 25.3 Å². The molecule has 0 aliphatic carbocycles. The molecule has 1 saturated heterocycles. The van der Waals surface area contributed by atoms with Crippen molar-refractivity contribution in [2.45, 2.75) is 19.9 Å². The monoisotopic (exact) mass is 492 g/mol. The predicted molar refractivity (Wildman–Crippen MR) is 136 cm³/mol. The zero-order valence-corrected chi connectivity index (χ0v) is 20.9. The second-order valence-corrected chi connectivity index (χ2v) is 8.75. The zero-order chi connectivity index (χ0) is 25.7. The minimum atomic E-state index is -0.690. The second-order valence-electron chi connectivity index (χ2n) is 8.75. The molecule has 0 aromatic heterocycles. The van der Waals surface area contributed by atoms with E-state index < -0.39 is 12.0 Å². The number of carbonyl (C=O) groups is 3. The number of hydrogen-bond acceptors (Lipinski definition) is 7. The number of Topliss-reactive ketones (excluding diaryl/α,β-unsaturated/α-hetero) is 1. The van der Waals surface area contributed by atoms with E-state index in [1.54, 1.807) is 27.0 Å². The van der Waals surface area contributed by atoms with Gasteiger partial charge in [0, 0.05) is 55.2 Å². The van der Waals surface area contributed by atoms with Gasteiger partial charge >= 0.3 is 12.0 Å². The van der Waals surface area contributed by atoms with Crippen molar-refractivity contribution in [2.75, 3.05) is 51.3 Å². The molecule has 0 spiro atoms. The number of para-hydroxylation sites is 1. The molecule has 2 N–H and O–H groups in total. The number of urea groups is 1. The number of anilines is 1. The molecule has 9 nitrogen and oxygen atoms in total. The molecule has 1 atom stereocenters. The summed E-state index contributed by atoms with van der Waals surface area (Å²) in [6.07, 6.45) is 0. The van der Waals surface area contributed by atoms with Gasteiger partial charge in [0.1, 0.15) is 5.75 Å². The van der Waals surface area contributed by atoms with Crippen LogP contribution in [0.5, 0.6) is 5.75 Å². The summed E-state index contributed by atoms with van der Waals surface area (Å²) in [5, 5.41) is 5.72. The van der Waals surface area contributed by atoms with Crippen molar-refractivity contribution in [3.05, 3.63) is 70.9 Å². The highest BCUT2D eigenvalue weighted by Gasteiger charge is 2.36. The lowest BCUT2D eigenvalue weighted by Crippen LogP contribution is -2.51. The minimum Gasteiger partial charge on any atom is -0.496 e. The molecule has 190 valence electrons. The molecule has 36 heavy (non-hydrogen) atoms. The Balaban J connectivity index is 1.54. The second kappa shape index (κ2) is 11.3. The van der Waals surface area contributed by atoms with Gasteiger partial charge in [0.25, 0.3) is 0 Å². The summed E-state index contributed by atoms with van der Waals surface area (Å²) in [7, 11) is 1.56. The topological polar surface area (TPSA) is 100 Å². The van der Waals surface area contributed by atoms with E-state index in [1.165, 1.54) is 0 Å². The first-order valence-electron chi connectivity index (χ1n) is 12.1. The Bertz CT molecular complexity index is 1150. The number of methoxy groups -OCH3 is 1. The first-order valence-corrected chi connectivity index (χ1v) is 12.1. The van der Waals surface area contributed by atoms with Crippen molar-refractivity contribution >= 4 is 23.5 Å². The van der Waals surface area contributed by atoms with Crippen molar-refractivity contribution in [2.24, 2.45) is 0 Å². The molecule has 2 aromatic rings. The van der Waals surface area contributed by atoms with Crippen molar-refractivity contribution in [3.8, 4) is 5.75 Å². The smallest absolute Gasteiger partial charge is 0.338 e. The van der Waals surface area contributed by atoms with E-state index in [4.69, 9.17) is 9.47 Å². The van der Waals surface area contributed by atoms with Crippen LogP contribution < -0.4 is 20.3 Å². The first-order chi connectivity index (χ1) is 17.4. The van der Waals surface area contributed by atoms with Crippen LogP contribution in [-0.2, 0) is 9.53 Å². The van der Waals surface area contributed by atoms with Crippen LogP contribution in [0.15, 0.2) is 59.8 Å². The lowest BCUT2D eigenvalue weighted by Gasteiger charge is -2.38. The fourth-order valence-electron chi connectivity index (χ4n) is 4.63. The maximum atomic E-state index is 13.1. The summed E-state index contributed by atoms with van der Waals surface area (Å²) >= 11 is 0. The number of amides is 2. The number of ketones is 1. The summed E-state index contributed by atoms with van der Waals surface area (Å²) in [6, 6.07) is 13.9. The highest BCUT2D eigenvalue weighted by Crippen LogP contribution is 2.33. The molecule has 2 aliphatic rings. The molecular formula is C27H32N4O5. The molecule has 4 rings (SSSR count). The van der Waals surface area contributed by atoms with E-state index in [2.05, 4.69) is 20.4 Å². The van der Waals surface area contributed by atoms with Gasteiger partial charge in [-0.15, -0.1) is 0 Å². The van der Waals surface area contributed by atoms with Gasteiger partial charge in [0.2, 0.25) is 0 Å². The lowest BCUT2D eigenvalue weighted by molar-refractivity contribution is -0.139. The SMILES string of the molecule is CCOC(=O)C1=C(CN2CCN(c3ccc(C(C)=O)cc3)CC2)NC(=O)N[C@@H]1c1ccccc1OC. The summed E-state index contributed by atoms with van der Waals surface area (Å²) in [4.78, 5) is 41.8. The fourth-order valence-corrected chi connectivity index (χ4v) is 4.63.